The number of rotatable bonds is 5. The molecule has 114 valence electrons. The number of urea groups is 1. The van der Waals surface area contributed by atoms with Crippen LogP contribution in [0.25, 0.3) is 0 Å². The lowest BCUT2D eigenvalue weighted by Gasteiger charge is -2.23. The summed E-state index contributed by atoms with van der Waals surface area (Å²) in [6.45, 7) is 1.04. The number of amides is 2. The Morgan fingerprint density at radius 1 is 1.33 bits per heavy atom. The maximum atomic E-state index is 12.8. The SMILES string of the molecule is O=C(O)CC1CCCN1C(=O)NCCc1ccc(F)cc1. The maximum Gasteiger partial charge on any atom is 0.317 e. The van der Waals surface area contributed by atoms with Gasteiger partial charge in [0.1, 0.15) is 5.82 Å². The molecule has 1 saturated heterocycles. The number of hydrogen-bond acceptors (Lipinski definition) is 2. The van der Waals surface area contributed by atoms with Gasteiger partial charge in [0.15, 0.2) is 0 Å². The summed E-state index contributed by atoms with van der Waals surface area (Å²) in [6, 6.07) is 5.71. The maximum absolute atomic E-state index is 12.8. The first-order valence-electron chi connectivity index (χ1n) is 7.07. The second-order valence-electron chi connectivity index (χ2n) is 5.20. The molecule has 1 fully saturated rings. The number of carboxylic acid groups (broad SMARTS) is 1. The van der Waals surface area contributed by atoms with E-state index < -0.39 is 5.97 Å². The zero-order valence-corrected chi connectivity index (χ0v) is 11.7. The van der Waals surface area contributed by atoms with Gasteiger partial charge in [-0.3, -0.25) is 4.79 Å². The van der Waals surface area contributed by atoms with E-state index in [1.54, 1.807) is 17.0 Å². The molecule has 21 heavy (non-hydrogen) atoms. The molecule has 0 spiro atoms. The molecule has 1 aromatic carbocycles. The van der Waals surface area contributed by atoms with Gasteiger partial charge in [0, 0.05) is 19.1 Å². The van der Waals surface area contributed by atoms with Crippen LogP contribution in [0, 0.1) is 5.82 Å². The number of halogens is 1. The van der Waals surface area contributed by atoms with E-state index in [0.29, 0.717) is 19.5 Å². The van der Waals surface area contributed by atoms with Crippen LogP contribution in [0.3, 0.4) is 0 Å². The summed E-state index contributed by atoms with van der Waals surface area (Å²) < 4.78 is 12.8. The first kappa shape index (κ1) is 15.3. The number of nitrogens with zero attached hydrogens (tertiary/aromatic N) is 1. The summed E-state index contributed by atoms with van der Waals surface area (Å²) in [4.78, 5) is 24.4. The Balaban J connectivity index is 1.78. The Morgan fingerprint density at radius 2 is 2.05 bits per heavy atom. The molecule has 0 radical (unpaired) electrons. The number of benzene rings is 1. The van der Waals surface area contributed by atoms with Crippen LogP contribution < -0.4 is 5.32 Å². The lowest BCUT2D eigenvalue weighted by Crippen LogP contribution is -2.44. The van der Waals surface area contributed by atoms with Crippen molar-refractivity contribution in [2.75, 3.05) is 13.1 Å². The van der Waals surface area contributed by atoms with Crippen LogP contribution in [0.4, 0.5) is 9.18 Å². The highest BCUT2D eigenvalue weighted by Gasteiger charge is 2.29. The molecule has 2 amide bonds. The van der Waals surface area contributed by atoms with Gasteiger partial charge >= 0.3 is 12.0 Å². The number of hydrogen-bond donors (Lipinski definition) is 2. The van der Waals surface area contributed by atoms with Gasteiger partial charge in [-0.25, -0.2) is 9.18 Å². The van der Waals surface area contributed by atoms with Crippen molar-refractivity contribution in [1.29, 1.82) is 0 Å². The third-order valence-electron chi connectivity index (χ3n) is 3.65. The number of carbonyl (C=O) groups excluding carboxylic acids is 1. The Kier molecular flexibility index (Phi) is 5.14. The van der Waals surface area contributed by atoms with Crippen LogP contribution in [-0.2, 0) is 11.2 Å². The smallest absolute Gasteiger partial charge is 0.317 e. The Hall–Kier alpha value is -2.11. The minimum atomic E-state index is -0.883. The molecule has 1 aliphatic heterocycles. The van der Waals surface area contributed by atoms with Crippen molar-refractivity contribution in [3.8, 4) is 0 Å². The van der Waals surface area contributed by atoms with Crippen LogP contribution >= 0.6 is 0 Å². The highest BCUT2D eigenvalue weighted by Crippen LogP contribution is 2.19. The molecule has 0 aromatic heterocycles. The summed E-state index contributed by atoms with van der Waals surface area (Å²) in [6.07, 6.45) is 2.18. The molecule has 1 atom stereocenters. The zero-order chi connectivity index (χ0) is 15.2. The summed E-state index contributed by atoms with van der Waals surface area (Å²) in [5.74, 6) is -1.16. The molecule has 1 aliphatic rings. The van der Waals surface area contributed by atoms with Gasteiger partial charge in [-0.2, -0.15) is 0 Å². The lowest BCUT2D eigenvalue weighted by molar-refractivity contribution is -0.137. The molecule has 5 nitrogen and oxygen atoms in total. The normalized spacial score (nSPS) is 17.8. The van der Waals surface area contributed by atoms with E-state index >= 15 is 0 Å². The standard InChI is InChI=1S/C15H19FN2O3/c16-12-5-3-11(4-6-12)7-8-17-15(21)18-9-1-2-13(18)10-14(19)20/h3-6,13H,1-2,7-10H2,(H,17,21)(H,19,20). The summed E-state index contributed by atoms with van der Waals surface area (Å²) >= 11 is 0. The fourth-order valence-electron chi connectivity index (χ4n) is 2.58. The highest BCUT2D eigenvalue weighted by atomic mass is 19.1. The third kappa shape index (κ3) is 4.44. The zero-order valence-electron chi connectivity index (χ0n) is 11.7. The molecule has 6 heteroatoms. The van der Waals surface area contributed by atoms with Gasteiger partial charge < -0.3 is 15.3 Å². The fourth-order valence-corrected chi connectivity index (χ4v) is 2.58. The predicted octanol–water partition coefficient (Wildman–Crippen LogP) is 2.02. The molecule has 0 aliphatic carbocycles. The lowest BCUT2D eigenvalue weighted by atomic mass is 10.1. The minimum Gasteiger partial charge on any atom is -0.481 e. The Labute approximate surface area is 122 Å². The largest absolute Gasteiger partial charge is 0.481 e. The van der Waals surface area contributed by atoms with Gasteiger partial charge in [0.05, 0.1) is 6.42 Å². The van der Waals surface area contributed by atoms with Crippen LogP contribution in [0.5, 0.6) is 0 Å². The van der Waals surface area contributed by atoms with Crippen LogP contribution in [0.1, 0.15) is 24.8 Å². The molecule has 0 saturated carbocycles. The quantitative estimate of drug-likeness (QED) is 0.873. The second-order valence-corrected chi connectivity index (χ2v) is 5.20. The van der Waals surface area contributed by atoms with Crippen LogP contribution in [0.2, 0.25) is 0 Å². The topological polar surface area (TPSA) is 69.6 Å². The van der Waals surface area contributed by atoms with Crippen molar-refractivity contribution < 1.29 is 19.1 Å². The van der Waals surface area contributed by atoms with Crippen molar-refractivity contribution in [1.82, 2.24) is 10.2 Å². The van der Waals surface area contributed by atoms with E-state index in [1.165, 1.54) is 12.1 Å². The van der Waals surface area contributed by atoms with Crippen molar-refractivity contribution in [3.63, 3.8) is 0 Å². The average Bonchev–Trinajstić information content (AvgIpc) is 2.88. The number of aliphatic carboxylic acids is 1. The Morgan fingerprint density at radius 3 is 2.71 bits per heavy atom. The van der Waals surface area contributed by atoms with Crippen LogP contribution in [0.15, 0.2) is 24.3 Å². The summed E-state index contributed by atoms with van der Waals surface area (Å²) in [7, 11) is 0. The van der Waals surface area contributed by atoms with Gasteiger partial charge in [0.2, 0.25) is 0 Å². The van der Waals surface area contributed by atoms with E-state index in [1.807, 2.05) is 0 Å². The molecule has 2 rings (SSSR count). The monoisotopic (exact) mass is 294 g/mol. The molecular formula is C15H19FN2O3. The third-order valence-corrected chi connectivity index (χ3v) is 3.65. The first-order valence-corrected chi connectivity index (χ1v) is 7.07. The second kappa shape index (κ2) is 7.06. The fraction of sp³-hybridized carbons (Fsp3) is 0.467. The molecular weight excluding hydrogens is 275 g/mol. The van der Waals surface area contributed by atoms with E-state index in [2.05, 4.69) is 5.32 Å². The highest BCUT2D eigenvalue weighted by molar-refractivity contribution is 5.76. The number of carboxylic acids is 1. The van der Waals surface area contributed by atoms with Gasteiger partial charge in [0.25, 0.3) is 0 Å². The van der Waals surface area contributed by atoms with Crippen molar-refractivity contribution >= 4 is 12.0 Å². The van der Waals surface area contributed by atoms with E-state index in [4.69, 9.17) is 5.11 Å². The minimum absolute atomic E-state index is 0.00855. The average molecular weight is 294 g/mol. The van der Waals surface area contributed by atoms with Gasteiger partial charge in [-0.1, -0.05) is 12.1 Å². The summed E-state index contributed by atoms with van der Waals surface area (Å²) in [5, 5.41) is 11.6. The Bertz CT molecular complexity index is 504. The van der Waals surface area contributed by atoms with Crippen molar-refractivity contribution in [2.45, 2.75) is 31.7 Å². The van der Waals surface area contributed by atoms with Crippen LogP contribution in [-0.4, -0.2) is 41.1 Å². The van der Waals surface area contributed by atoms with E-state index in [-0.39, 0.29) is 24.3 Å². The number of carbonyl (C=O) groups is 2. The summed E-state index contributed by atoms with van der Waals surface area (Å²) in [5.41, 5.74) is 0.945. The van der Waals surface area contributed by atoms with Crippen molar-refractivity contribution in [2.24, 2.45) is 0 Å². The predicted molar refractivity (Wildman–Crippen MR) is 75.5 cm³/mol. The van der Waals surface area contributed by atoms with E-state index in [9.17, 15) is 14.0 Å². The molecule has 1 unspecified atom stereocenters. The molecule has 1 aromatic rings. The van der Waals surface area contributed by atoms with Gasteiger partial charge in [-0.15, -0.1) is 0 Å². The number of likely N-dealkylation sites (tertiary alicyclic amines) is 1. The molecule has 0 bridgehead atoms. The molecule has 2 N–H and O–H groups in total. The van der Waals surface area contributed by atoms with E-state index in [0.717, 1.165) is 18.4 Å². The van der Waals surface area contributed by atoms with Crippen molar-refractivity contribution in [3.05, 3.63) is 35.6 Å². The first-order chi connectivity index (χ1) is 10.1. The number of nitrogens with one attached hydrogen (secondary N) is 1. The van der Waals surface area contributed by atoms with Gasteiger partial charge in [-0.05, 0) is 37.0 Å². The molecule has 1 heterocycles.